The van der Waals surface area contributed by atoms with Crippen LogP contribution in [0.25, 0.3) is 0 Å². The number of sulfone groups is 1. The van der Waals surface area contributed by atoms with E-state index in [1.165, 1.54) is 29.8 Å². The third-order valence-corrected chi connectivity index (χ3v) is 7.10. The van der Waals surface area contributed by atoms with E-state index in [0.717, 1.165) is 6.42 Å². The van der Waals surface area contributed by atoms with Gasteiger partial charge in [0.1, 0.15) is 5.75 Å². The van der Waals surface area contributed by atoms with Crippen LogP contribution in [-0.2, 0) is 16.3 Å². The second-order valence-corrected chi connectivity index (χ2v) is 9.12. The zero-order chi connectivity index (χ0) is 18.6. The molecule has 0 unspecified atom stereocenters. The Bertz CT molecular complexity index is 805. The van der Waals surface area contributed by atoms with E-state index in [1.54, 1.807) is 0 Å². The lowest BCUT2D eigenvalue weighted by atomic mass is 10.1. The summed E-state index contributed by atoms with van der Waals surface area (Å²) in [7, 11) is -3.41. The van der Waals surface area contributed by atoms with Gasteiger partial charge in [-0.3, -0.25) is 4.90 Å². The number of aromatic hydroxyl groups is 1. The molecule has 0 aliphatic carbocycles. The number of benzene rings is 2. The maximum absolute atomic E-state index is 12.7. The Hall–Kier alpha value is -1.89. The number of hydrogen-bond donors (Lipinski definition) is 2. The summed E-state index contributed by atoms with van der Waals surface area (Å²) < 4.78 is 25.4. The fraction of sp³-hybridized carbons (Fsp3) is 0.400. The van der Waals surface area contributed by atoms with Gasteiger partial charge in [-0.15, -0.1) is 0 Å². The molecule has 0 bridgehead atoms. The third-order valence-electron chi connectivity index (χ3n) is 4.91. The molecule has 1 saturated heterocycles. The molecule has 1 fully saturated rings. The highest BCUT2D eigenvalue weighted by Gasteiger charge is 2.34. The molecule has 0 saturated carbocycles. The van der Waals surface area contributed by atoms with E-state index in [1.807, 2.05) is 35.2 Å². The van der Waals surface area contributed by atoms with Crippen LogP contribution in [0.1, 0.15) is 18.4 Å². The summed E-state index contributed by atoms with van der Waals surface area (Å²) in [6.07, 6.45) is 1.57. The molecule has 2 N–H and O–H groups in total. The van der Waals surface area contributed by atoms with Crippen molar-refractivity contribution in [3.8, 4) is 5.75 Å². The molecule has 1 aliphatic rings. The standard InChI is InChI=1S/C20H25NO4S/c22-17-8-10-19(11-9-17)26(24,25)20-12-13-21(15-20)14-18(23)7-6-16-4-2-1-3-5-16/h1-5,8-11,18,20,22-23H,6-7,12-15H2/t18-,20-/m1/s1. The smallest absolute Gasteiger partial charge is 0.182 e. The van der Waals surface area contributed by atoms with Crippen LogP contribution in [0, 0.1) is 0 Å². The maximum Gasteiger partial charge on any atom is 0.182 e. The average molecular weight is 375 g/mol. The molecule has 3 rings (SSSR count). The molecule has 1 heterocycles. The molecule has 2 aromatic rings. The van der Waals surface area contributed by atoms with Crippen LogP contribution >= 0.6 is 0 Å². The Morgan fingerprint density at radius 3 is 2.46 bits per heavy atom. The van der Waals surface area contributed by atoms with E-state index in [2.05, 4.69) is 0 Å². The van der Waals surface area contributed by atoms with E-state index in [9.17, 15) is 18.6 Å². The second kappa shape index (κ2) is 8.20. The molecule has 140 valence electrons. The van der Waals surface area contributed by atoms with Crippen molar-refractivity contribution in [3.63, 3.8) is 0 Å². The number of rotatable bonds is 7. The molecule has 0 spiro atoms. The van der Waals surface area contributed by atoms with Gasteiger partial charge in [0.2, 0.25) is 0 Å². The summed E-state index contributed by atoms with van der Waals surface area (Å²) in [5.74, 6) is 0.0542. The minimum Gasteiger partial charge on any atom is -0.508 e. The van der Waals surface area contributed by atoms with E-state index in [-0.39, 0.29) is 10.6 Å². The van der Waals surface area contributed by atoms with Crippen molar-refractivity contribution >= 4 is 9.84 Å². The lowest BCUT2D eigenvalue weighted by molar-refractivity contribution is 0.117. The highest BCUT2D eigenvalue weighted by atomic mass is 32.2. The quantitative estimate of drug-likeness (QED) is 0.776. The molecule has 2 atom stereocenters. The van der Waals surface area contributed by atoms with Gasteiger partial charge in [0.05, 0.1) is 16.2 Å². The van der Waals surface area contributed by atoms with Crippen molar-refractivity contribution < 1.29 is 18.6 Å². The minimum atomic E-state index is -3.41. The monoisotopic (exact) mass is 375 g/mol. The van der Waals surface area contributed by atoms with Gasteiger partial charge in [0.15, 0.2) is 9.84 Å². The Labute approximate surface area is 154 Å². The number of aliphatic hydroxyl groups is 1. The van der Waals surface area contributed by atoms with Crippen LogP contribution in [-0.4, -0.2) is 54.5 Å². The van der Waals surface area contributed by atoms with Crippen molar-refractivity contribution in [3.05, 3.63) is 60.2 Å². The highest BCUT2D eigenvalue weighted by molar-refractivity contribution is 7.92. The first-order valence-corrected chi connectivity index (χ1v) is 10.5. The van der Waals surface area contributed by atoms with Gasteiger partial charge < -0.3 is 10.2 Å². The summed E-state index contributed by atoms with van der Waals surface area (Å²) in [5, 5.41) is 19.2. The molecular formula is C20H25NO4S. The summed E-state index contributed by atoms with van der Waals surface area (Å²) in [6.45, 7) is 1.60. The second-order valence-electron chi connectivity index (χ2n) is 6.89. The van der Waals surface area contributed by atoms with Gasteiger partial charge >= 0.3 is 0 Å². The minimum absolute atomic E-state index is 0.0542. The third kappa shape index (κ3) is 4.63. The van der Waals surface area contributed by atoms with Gasteiger partial charge in [-0.05, 0) is 55.6 Å². The first-order chi connectivity index (χ1) is 12.4. The number of likely N-dealkylation sites (tertiary alicyclic amines) is 1. The molecule has 1 aliphatic heterocycles. The summed E-state index contributed by atoms with van der Waals surface area (Å²) >= 11 is 0. The fourth-order valence-corrected chi connectivity index (χ4v) is 5.13. The number of hydrogen-bond acceptors (Lipinski definition) is 5. The normalized spacial score (nSPS) is 19.5. The lowest BCUT2D eigenvalue weighted by Gasteiger charge is -2.20. The molecule has 5 nitrogen and oxygen atoms in total. The Morgan fingerprint density at radius 2 is 1.77 bits per heavy atom. The van der Waals surface area contributed by atoms with E-state index >= 15 is 0 Å². The number of aliphatic hydroxyl groups excluding tert-OH is 1. The molecule has 0 radical (unpaired) electrons. The Kier molecular flexibility index (Phi) is 5.96. The van der Waals surface area contributed by atoms with Crippen LogP contribution in [0.5, 0.6) is 5.75 Å². The van der Waals surface area contributed by atoms with Crippen molar-refractivity contribution in [1.29, 1.82) is 0 Å². The van der Waals surface area contributed by atoms with Gasteiger partial charge in [0.25, 0.3) is 0 Å². The van der Waals surface area contributed by atoms with E-state index < -0.39 is 21.2 Å². The van der Waals surface area contributed by atoms with Crippen LogP contribution in [0.15, 0.2) is 59.5 Å². The van der Waals surface area contributed by atoms with E-state index in [4.69, 9.17) is 0 Å². The Morgan fingerprint density at radius 1 is 1.08 bits per heavy atom. The number of aryl methyl sites for hydroxylation is 1. The maximum atomic E-state index is 12.7. The lowest BCUT2D eigenvalue weighted by Crippen LogP contribution is -2.33. The van der Waals surface area contributed by atoms with Gasteiger partial charge in [-0.1, -0.05) is 30.3 Å². The zero-order valence-electron chi connectivity index (χ0n) is 14.7. The van der Waals surface area contributed by atoms with Crippen molar-refractivity contribution in [2.45, 2.75) is 35.5 Å². The van der Waals surface area contributed by atoms with Crippen LogP contribution in [0.2, 0.25) is 0 Å². The summed E-state index contributed by atoms with van der Waals surface area (Å²) in [6, 6.07) is 15.7. The summed E-state index contributed by atoms with van der Waals surface area (Å²) in [5.41, 5.74) is 1.20. The molecular weight excluding hydrogens is 350 g/mol. The van der Waals surface area contributed by atoms with Crippen LogP contribution < -0.4 is 0 Å². The predicted octanol–water partition coefficient (Wildman–Crippen LogP) is 2.23. The largest absolute Gasteiger partial charge is 0.508 e. The van der Waals surface area contributed by atoms with Crippen molar-refractivity contribution in [2.75, 3.05) is 19.6 Å². The number of phenols is 1. The van der Waals surface area contributed by atoms with Crippen LogP contribution in [0.3, 0.4) is 0 Å². The number of β-amino-alcohol motifs (C(OH)–C–C–N with tert-alkyl or cyclic N) is 1. The Balaban J connectivity index is 1.52. The van der Waals surface area contributed by atoms with E-state index in [0.29, 0.717) is 32.5 Å². The molecule has 2 aromatic carbocycles. The van der Waals surface area contributed by atoms with Crippen molar-refractivity contribution in [2.24, 2.45) is 0 Å². The first-order valence-electron chi connectivity index (χ1n) is 8.92. The zero-order valence-corrected chi connectivity index (χ0v) is 15.5. The highest BCUT2D eigenvalue weighted by Crippen LogP contribution is 2.25. The molecule has 0 amide bonds. The fourth-order valence-electron chi connectivity index (χ4n) is 3.41. The van der Waals surface area contributed by atoms with Crippen molar-refractivity contribution in [1.82, 2.24) is 4.90 Å². The first kappa shape index (κ1) is 18.9. The van der Waals surface area contributed by atoms with Gasteiger partial charge in [-0.2, -0.15) is 0 Å². The molecule has 6 heteroatoms. The topological polar surface area (TPSA) is 77.8 Å². The number of nitrogens with zero attached hydrogens (tertiary/aromatic N) is 1. The van der Waals surface area contributed by atoms with Gasteiger partial charge in [0, 0.05) is 13.1 Å². The van der Waals surface area contributed by atoms with Gasteiger partial charge in [-0.25, -0.2) is 8.42 Å². The van der Waals surface area contributed by atoms with Crippen LogP contribution in [0.4, 0.5) is 0 Å². The SMILES string of the molecule is O=S(=O)(c1ccc(O)cc1)[C@@H]1CCN(C[C@H](O)CCc2ccccc2)C1. The number of phenolic OH excluding ortho intramolecular Hbond substituents is 1. The molecule has 26 heavy (non-hydrogen) atoms. The summed E-state index contributed by atoms with van der Waals surface area (Å²) in [4.78, 5) is 2.27. The molecule has 0 aromatic heterocycles. The average Bonchev–Trinajstić information content (AvgIpc) is 3.10. The predicted molar refractivity (Wildman–Crippen MR) is 101 cm³/mol.